The van der Waals surface area contributed by atoms with Crippen LogP contribution in [-0.4, -0.2) is 18.4 Å². The van der Waals surface area contributed by atoms with Crippen molar-refractivity contribution in [3.63, 3.8) is 0 Å². The zero-order valence-corrected chi connectivity index (χ0v) is 16.6. The summed E-state index contributed by atoms with van der Waals surface area (Å²) in [5.41, 5.74) is 6.38. The van der Waals surface area contributed by atoms with Crippen molar-refractivity contribution in [1.29, 1.82) is 0 Å². The van der Waals surface area contributed by atoms with Gasteiger partial charge in [-0.15, -0.1) is 11.8 Å². The van der Waals surface area contributed by atoms with E-state index in [1.807, 2.05) is 30.5 Å². The molecule has 2 atom stereocenters. The van der Waals surface area contributed by atoms with Crippen molar-refractivity contribution >= 4 is 23.9 Å². The number of thioether (sulfide) groups is 1. The lowest BCUT2D eigenvalue weighted by molar-refractivity contribution is -0.122. The second-order valence-corrected chi connectivity index (χ2v) is 8.71. The predicted molar refractivity (Wildman–Crippen MR) is 110 cm³/mol. The Balaban J connectivity index is 1.53. The Morgan fingerprint density at radius 3 is 2.35 bits per heavy atom. The quantitative estimate of drug-likeness (QED) is 0.462. The van der Waals surface area contributed by atoms with Crippen LogP contribution in [-0.2, 0) is 10.2 Å². The smallest absolute Gasteiger partial charge is 0.243 e. The maximum atomic E-state index is 12.3. The van der Waals surface area contributed by atoms with E-state index in [1.54, 1.807) is 18.0 Å². The molecule has 0 aliphatic heterocycles. The number of hydrogen-bond acceptors (Lipinski definition) is 3. The molecule has 0 bridgehead atoms. The first-order chi connectivity index (χ1) is 12.4. The summed E-state index contributed by atoms with van der Waals surface area (Å²) in [7, 11) is 0. The fourth-order valence-corrected chi connectivity index (χ4v) is 3.44. The summed E-state index contributed by atoms with van der Waals surface area (Å²) in [5, 5.41) is 4.10. The van der Waals surface area contributed by atoms with Crippen molar-refractivity contribution in [2.45, 2.75) is 43.4 Å². The minimum atomic E-state index is 0.00637. The third-order valence-corrected chi connectivity index (χ3v) is 5.58. The van der Waals surface area contributed by atoms with Gasteiger partial charge in [0.2, 0.25) is 5.91 Å². The van der Waals surface area contributed by atoms with Crippen LogP contribution < -0.4 is 5.43 Å². The maximum Gasteiger partial charge on any atom is 0.243 e. The molecular weight excluding hydrogens is 340 g/mol. The molecule has 1 fully saturated rings. The molecule has 1 aliphatic rings. The summed E-state index contributed by atoms with van der Waals surface area (Å²) in [5.74, 6) is 0.360. The molecule has 1 saturated carbocycles. The number of hydrogen-bond donors (Lipinski definition) is 1. The van der Waals surface area contributed by atoms with Crippen LogP contribution >= 0.6 is 11.8 Å². The summed E-state index contributed by atoms with van der Waals surface area (Å²) < 4.78 is 0. The fourth-order valence-electron chi connectivity index (χ4n) is 3.03. The van der Waals surface area contributed by atoms with E-state index in [0.717, 1.165) is 12.0 Å². The SMILES string of the molecule is CSc1ccc(C=NNC(=O)[C@@H]2C[C@H]2c2ccc(C(C)(C)C)cc2)cc1. The van der Waals surface area contributed by atoms with E-state index in [1.165, 1.54) is 16.0 Å². The summed E-state index contributed by atoms with van der Waals surface area (Å²) in [6.07, 6.45) is 4.64. The molecule has 0 saturated heterocycles. The summed E-state index contributed by atoms with van der Waals surface area (Å²) in [6.45, 7) is 6.63. The highest BCUT2D eigenvalue weighted by atomic mass is 32.2. The summed E-state index contributed by atoms with van der Waals surface area (Å²) in [4.78, 5) is 13.5. The van der Waals surface area contributed by atoms with Crippen molar-refractivity contribution in [1.82, 2.24) is 5.43 Å². The zero-order chi connectivity index (χ0) is 18.7. The highest BCUT2D eigenvalue weighted by Gasteiger charge is 2.43. The van der Waals surface area contributed by atoms with Gasteiger partial charge in [-0.2, -0.15) is 5.10 Å². The van der Waals surface area contributed by atoms with Crippen LogP contribution in [0.3, 0.4) is 0 Å². The predicted octanol–water partition coefficient (Wildman–Crippen LogP) is 4.96. The van der Waals surface area contributed by atoms with E-state index < -0.39 is 0 Å². The second kappa shape index (κ2) is 7.67. The van der Waals surface area contributed by atoms with Gasteiger partial charge in [-0.1, -0.05) is 57.2 Å². The largest absolute Gasteiger partial charge is 0.273 e. The molecule has 0 aromatic heterocycles. The molecule has 1 N–H and O–H groups in total. The molecule has 1 amide bonds. The van der Waals surface area contributed by atoms with Gasteiger partial charge in [0, 0.05) is 10.8 Å². The normalized spacial score (nSPS) is 19.5. The maximum absolute atomic E-state index is 12.3. The standard InChI is InChI=1S/C22H26N2OS/c1-22(2,3)17-9-7-16(8-10-17)19-13-20(19)21(25)24-23-14-15-5-11-18(26-4)12-6-15/h5-12,14,19-20H,13H2,1-4H3,(H,24,25)/t19-,20+/m0/s1. The molecule has 1 aliphatic carbocycles. The Morgan fingerprint density at radius 1 is 1.12 bits per heavy atom. The fraction of sp³-hybridized carbons (Fsp3) is 0.364. The van der Waals surface area contributed by atoms with Gasteiger partial charge < -0.3 is 0 Å². The minimum Gasteiger partial charge on any atom is -0.273 e. The number of nitrogens with zero attached hydrogens (tertiary/aromatic N) is 1. The lowest BCUT2D eigenvalue weighted by Crippen LogP contribution is -2.20. The van der Waals surface area contributed by atoms with Gasteiger partial charge in [0.1, 0.15) is 0 Å². The summed E-state index contributed by atoms with van der Waals surface area (Å²) >= 11 is 1.70. The first-order valence-corrected chi connectivity index (χ1v) is 10.2. The Hall–Kier alpha value is -2.07. The molecular formula is C22H26N2OS. The van der Waals surface area contributed by atoms with Crippen LogP contribution in [0.4, 0.5) is 0 Å². The van der Waals surface area contributed by atoms with Crippen LogP contribution in [0.15, 0.2) is 58.5 Å². The van der Waals surface area contributed by atoms with E-state index in [0.29, 0.717) is 5.92 Å². The Kier molecular flexibility index (Phi) is 5.52. The minimum absolute atomic E-state index is 0.00637. The molecule has 0 unspecified atom stereocenters. The van der Waals surface area contributed by atoms with Gasteiger partial charge in [-0.05, 0) is 52.8 Å². The molecule has 0 radical (unpaired) electrons. The number of amides is 1. The monoisotopic (exact) mass is 366 g/mol. The lowest BCUT2D eigenvalue weighted by Gasteiger charge is -2.19. The molecule has 4 heteroatoms. The summed E-state index contributed by atoms with van der Waals surface area (Å²) in [6, 6.07) is 16.8. The first kappa shape index (κ1) is 18.7. The molecule has 3 rings (SSSR count). The van der Waals surface area contributed by atoms with E-state index in [9.17, 15) is 4.79 Å². The highest BCUT2D eigenvalue weighted by molar-refractivity contribution is 7.98. The Bertz CT molecular complexity index is 788. The van der Waals surface area contributed by atoms with E-state index >= 15 is 0 Å². The molecule has 0 spiro atoms. The van der Waals surface area contributed by atoms with Gasteiger partial charge in [0.15, 0.2) is 0 Å². The van der Waals surface area contributed by atoms with Gasteiger partial charge in [-0.3, -0.25) is 4.79 Å². The van der Waals surface area contributed by atoms with Gasteiger partial charge in [0.25, 0.3) is 0 Å². The number of carbonyl (C=O) groups is 1. The van der Waals surface area contributed by atoms with Crippen LogP contribution in [0.1, 0.15) is 49.8 Å². The van der Waals surface area contributed by atoms with Crippen molar-refractivity contribution in [2.75, 3.05) is 6.26 Å². The van der Waals surface area contributed by atoms with E-state index in [-0.39, 0.29) is 17.2 Å². The van der Waals surface area contributed by atoms with Crippen LogP contribution in [0.5, 0.6) is 0 Å². The molecule has 26 heavy (non-hydrogen) atoms. The van der Waals surface area contributed by atoms with Crippen LogP contribution in [0.25, 0.3) is 0 Å². The number of rotatable bonds is 5. The molecule has 2 aromatic rings. The number of nitrogens with one attached hydrogen (secondary N) is 1. The molecule has 0 heterocycles. The van der Waals surface area contributed by atoms with Crippen molar-refractivity contribution in [2.24, 2.45) is 11.0 Å². The van der Waals surface area contributed by atoms with E-state index in [4.69, 9.17) is 0 Å². The van der Waals surface area contributed by atoms with Crippen molar-refractivity contribution in [3.05, 3.63) is 65.2 Å². The third-order valence-electron chi connectivity index (χ3n) is 4.84. The molecule has 136 valence electrons. The van der Waals surface area contributed by atoms with Crippen molar-refractivity contribution in [3.8, 4) is 0 Å². The zero-order valence-electron chi connectivity index (χ0n) is 15.8. The van der Waals surface area contributed by atoms with E-state index in [2.05, 4.69) is 55.6 Å². The second-order valence-electron chi connectivity index (χ2n) is 7.83. The van der Waals surface area contributed by atoms with Gasteiger partial charge in [0.05, 0.1) is 6.21 Å². The van der Waals surface area contributed by atoms with Gasteiger partial charge >= 0.3 is 0 Å². The van der Waals surface area contributed by atoms with Crippen LogP contribution in [0, 0.1) is 5.92 Å². The van der Waals surface area contributed by atoms with Crippen LogP contribution in [0.2, 0.25) is 0 Å². The number of hydrazone groups is 1. The highest BCUT2D eigenvalue weighted by Crippen LogP contribution is 2.47. The number of carbonyl (C=O) groups excluding carboxylic acids is 1. The van der Waals surface area contributed by atoms with Crippen molar-refractivity contribution < 1.29 is 4.79 Å². The van der Waals surface area contributed by atoms with Gasteiger partial charge in [-0.25, -0.2) is 5.43 Å². The Labute approximate surface area is 160 Å². The topological polar surface area (TPSA) is 41.5 Å². The Morgan fingerprint density at radius 2 is 1.77 bits per heavy atom. The molecule has 2 aromatic carbocycles. The lowest BCUT2D eigenvalue weighted by atomic mass is 9.86. The number of benzene rings is 2. The molecule has 3 nitrogen and oxygen atoms in total. The third kappa shape index (κ3) is 4.55. The average Bonchev–Trinajstić information content (AvgIpc) is 3.42. The average molecular weight is 367 g/mol. The first-order valence-electron chi connectivity index (χ1n) is 8.96.